The minimum absolute atomic E-state index is 0.185. The lowest BCUT2D eigenvalue weighted by atomic mass is 10.2. The van der Waals surface area contributed by atoms with Crippen molar-refractivity contribution in [2.45, 2.75) is 6.92 Å². The van der Waals surface area contributed by atoms with E-state index in [1.807, 2.05) is 5.43 Å². The van der Waals surface area contributed by atoms with Gasteiger partial charge in [0.1, 0.15) is 12.4 Å². The molecule has 0 saturated carbocycles. The number of aliphatic carboxylic acids is 1. The number of halogens is 1. The van der Waals surface area contributed by atoms with Crippen LogP contribution in [0.25, 0.3) is 0 Å². The molecule has 1 rings (SSSR count). The summed E-state index contributed by atoms with van der Waals surface area (Å²) in [4.78, 5) is 32.9. The van der Waals surface area contributed by atoms with Gasteiger partial charge in [-0.1, -0.05) is 11.6 Å². The van der Waals surface area contributed by atoms with Crippen LogP contribution in [0.15, 0.2) is 23.3 Å². The zero-order valence-corrected chi connectivity index (χ0v) is 12.3. The van der Waals surface area contributed by atoms with Crippen molar-refractivity contribution in [1.29, 1.82) is 0 Å². The summed E-state index contributed by atoms with van der Waals surface area (Å²) in [5, 5.41) is 16.6. The Morgan fingerprint density at radius 2 is 2.09 bits per heavy atom. The molecule has 0 saturated heterocycles. The maximum atomic E-state index is 11.3. The summed E-state index contributed by atoms with van der Waals surface area (Å²) < 4.78 is 4.99. The molecule has 0 aromatic heterocycles. The molecule has 0 heterocycles. The molecule has 118 valence electrons. The minimum Gasteiger partial charge on any atom is -0.546 e. The molecule has 0 aliphatic rings. The van der Waals surface area contributed by atoms with Crippen LogP contribution in [-0.2, 0) is 14.4 Å². The van der Waals surface area contributed by atoms with Gasteiger partial charge in [0.05, 0.1) is 12.2 Å². The first-order chi connectivity index (χ1) is 10.4. The molecule has 0 atom stereocenters. The number of amides is 2. The first-order valence-electron chi connectivity index (χ1n) is 6.17. The molecule has 2 amide bonds. The summed E-state index contributed by atoms with van der Waals surface area (Å²) in [7, 11) is 0. The van der Waals surface area contributed by atoms with Crippen molar-refractivity contribution in [2.24, 2.45) is 5.10 Å². The molecule has 9 heteroatoms. The van der Waals surface area contributed by atoms with Crippen LogP contribution in [0.3, 0.4) is 0 Å². The van der Waals surface area contributed by atoms with Gasteiger partial charge >= 0.3 is 11.8 Å². The van der Waals surface area contributed by atoms with Gasteiger partial charge in [0.15, 0.2) is 0 Å². The van der Waals surface area contributed by atoms with Gasteiger partial charge in [-0.05, 0) is 25.1 Å². The Bertz CT molecular complexity index is 603. The Morgan fingerprint density at radius 3 is 2.73 bits per heavy atom. The second kappa shape index (κ2) is 8.63. The molecular formula is C13H13ClN3O5-. The summed E-state index contributed by atoms with van der Waals surface area (Å²) in [5.41, 5.74) is 2.34. The second-order valence-corrected chi connectivity index (χ2v) is 4.34. The molecule has 1 aromatic carbocycles. The highest BCUT2D eigenvalue weighted by Gasteiger charge is 2.10. The highest BCUT2D eigenvalue weighted by atomic mass is 35.5. The summed E-state index contributed by atoms with van der Waals surface area (Å²) in [5.74, 6) is -2.96. The summed E-state index contributed by atoms with van der Waals surface area (Å²) >= 11 is 5.82. The van der Waals surface area contributed by atoms with E-state index in [-0.39, 0.29) is 5.75 Å². The largest absolute Gasteiger partial charge is 0.546 e. The lowest BCUT2D eigenvalue weighted by Crippen LogP contribution is -2.37. The molecule has 2 N–H and O–H groups in total. The number of rotatable bonds is 6. The Kier molecular flexibility index (Phi) is 6.84. The molecule has 8 nitrogen and oxygen atoms in total. The van der Waals surface area contributed by atoms with Crippen LogP contribution in [-0.4, -0.2) is 37.1 Å². The van der Waals surface area contributed by atoms with Gasteiger partial charge in [0, 0.05) is 17.1 Å². The molecule has 0 radical (unpaired) electrons. The van der Waals surface area contributed by atoms with Gasteiger partial charge in [0.2, 0.25) is 0 Å². The monoisotopic (exact) mass is 326 g/mol. The standard InChI is InChI=1S/C13H14ClN3O5/c1-2-15-12(20)13(21)17-16-6-8-5-9(14)3-4-10(8)22-7-11(18)19/h3-6H,2,7H2,1H3,(H,15,20)(H,17,21)(H,18,19)/p-1/b16-6-. The van der Waals surface area contributed by atoms with Crippen molar-refractivity contribution < 1.29 is 24.2 Å². The van der Waals surface area contributed by atoms with Crippen LogP contribution in [0.2, 0.25) is 5.02 Å². The molecule has 22 heavy (non-hydrogen) atoms. The van der Waals surface area contributed by atoms with Crippen molar-refractivity contribution in [3.8, 4) is 5.75 Å². The number of ether oxygens (including phenoxy) is 1. The number of carboxylic acids is 1. The SMILES string of the molecule is CCNC(=O)C(=O)N/N=C\c1cc(Cl)ccc1OCC(=O)[O-]. The molecule has 0 fully saturated rings. The van der Waals surface area contributed by atoms with Crippen molar-refractivity contribution in [3.63, 3.8) is 0 Å². The van der Waals surface area contributed by atoms with E-state index in [0.717, 1.165) is 0 Å². The quantitative estimate of drug-likeness (QED) is 0.397. The lowest BCUT2D eigenvalue weighted by Gasteiger charge is -2.09. The highest BCUT2D eigenvalue weighted by Crippen LogP contribution is 2.21. The van der Waals surface area contributed by atoms with E-state index in [1.54, 1.807) is 6.92 Å². The number of nitrogens with zero attached hydrogens (tertiary/aromatic N) is 1. The average molecular weight is 327 g/mol. The number of hydrogen-bond acceptors (Lipinski definition) is 6. The van der Waals surface area contributed by atoms with Crippen LogP contribution in [0.1, 0.15) is 12.5 Å². The number of benzene rings is 1. The maximum absolute atomic E-state index is 11.3. The highest BCUT2D eigenvalue weighted by molar-refractivity contribution is 6.35. The normalized spacial score (nSPS) is 10.3. The first kappa shape index (κ1) is 17.4. The van der Waals surface area contributed by atoms with Crippen molar-refractivity contribution >= 4 is 35.6 Å². The van der Waals surface area contributed by atoms with Crippen LogP contribution in [0.4, 0.5) is 0 Å². The van der Waals surface area contributed by atoms with E-state index in [4.69, 9.17) is 16.3 Å². The van der Waals surface area contributed by atoms with E-state index in [9.17, 15) is 19.5 Å². The summed E-state index contributed by atoms with van der Waals surface area (Å²) in [6, 6.07) is 4.39. The van der Waals surface area contributed by atoms with Crippen molar-refractivity contribution in [1.82, 2.24) is 10.7 Å². The topological polar surface area (TPSA) is 120 Å². The van der Waals surface area contributed by atoms with Gasteiger partial charge in [-0.2, -0.15) is 5.10 Å². The second-order valence-electron chi connectivity index (χ2n) is 3.90. The zero-order chi connectivity index (χ0) is 16.5. The third-order valence-corrected chi connectivity index (χ3v) is 2.47. The lowest BCUT2D eigenvalue weighted by molar-refractivity contribution is -0.307. The van der Waals surface area contributed by atoms with E-state index in [0.29, 0.717) is 17.1 Å². The van der Waals surface area contributed by atoms with Crippen LogP contribution < -0.4 is 20.6 Å². The Morgan fingerprint density at radius 1 is 1.36 bits per heavy atom. The minimum atomic E-state index is -1.39. The number of hydrogen-bond donors (Lipinski definition) is 2. The number of hydrazone groups is 1. The molecule has 0 spiro atoms. The average Bonchev–Trinajstić information content (AvgIpc) is 2.46. The van der Waals surface area contributed by atoms with Gasteiger partial charge < -0.3 is 20.0 Å². The molecular weight excluding hydrogens is 314 g/mol. The number of carbonyl (C=O) groups is 3. The van der Waals surface area contributed by atoms with Crippen LogP contribution in [0.5, 0.6) is 5.75 Å². The fourth-order valence-electron chi connectivity index (χ4n) is 1.34. The maximum Gasteiger partial charge on any atom is 0.329 e. The number of carbonyl (C=O) groups excluding carboxylic acids is 3. The smallest absolute Gasteiger partial charge is 0.329 e. The van der Waals surface area contributed by atoms with Gasteiger partial charge in [0.25, 0.3) is 0 Å². The molecule has 0 aliphatic carbocycles. The fraction of sp³-hybridized carbons (Fsp3) is 0.231. The van der Waals surface area contributed by atoms with Gasteiger partial charge in [-0.15, -0.1) is 0 Å². The zero-order valence-electron chi connectivity index (χ0n) is 11.6. The molecule has 0 bridgehead atoms. The van der Waals surface area contributed by atoms with Crippen LogP contribution >= 0.6 is 11.6 Å². The Hall–Kier alpha value is -2.61. The summed E-state index contributed by atoms with van der Waals surface area (Å²) in [6.45, 7) is 1.33. The predicted octanol–water partition coefficient (Wildman–Crippen LogP) is -0.945. The molecule has 0 unspecified atom stereocenters. The number of nitrogens with one attached hydrogen (secondary N) is 2. The van der Waals surface area contributed by atoms with E-state index in [1.165, 1.54) is 24.4 Å². The first-order valence-corrected chi connectivity index (χ1v) is 6.55. The van der Waals surface area contributed by atoms with Gasteiger partial charge in [-0.25, -0.2) is 5.43 Å². The predicted molar refractivity (Wildman–Crippen MR) is 76.4 cm³/mol. The molecule has 1 aromatic rings. The van der Waals surface area contributed by atoms with E-state index >= 15 is 0 Å². The Labute approximate surface area is 131 Å². The third kappa shape index (κ3) is 5.80. The van der Waals surface area contributed by atoms with Gasteiger partial charge in [-0.3, -0.25) is 9.59 Å². The van der Waals surface area contributed by atoms with E-state index < -0.39 is 24.4 Å². The fourth-order valence-corrected chi connectivity index (χ4v) is 1.52. The number of carboxylic acid groups (broad SMARTS) is 1. The molecule has 0 aliphatic heterocycles. The van der Waals surface area contributed by atoms with Crippen LogP contribution in [0, 0.1) is 0 Å². The van der Waals surface area contributed by atoms with Crippen molar-refractivity contribution in [3.05, 3.63) is 28.8 Å². The number of likely N-dealkylation sites (N-methyl/N-ethyl adjacent to an activating group) is 1. The Balaban J connectivity index is 2.76. The van der Waals surface area contributed by atoms with E-state index in [2.05, 4.69) is 10.4 Å². The van der Waals surface area contributed by atoms with Crippen molar-refractivity contribution in [2.75, 3.05) is 13.2 Å². The third-order valence-electron chi connectivity index (χ3n) is 2.23. The summed E-state index contributed by atoms with van der Waals surface area (Å²) in [6.07, 6.45) is 1.17.